The summed E-state index contributed by atoms with van der Waals surface area (Å²) in [5.74, 6) is 1.54. The van der Waals surface area contributed by atoms with Crippen molar-refractivity contribution < 1.29 is 0 Å². The Hall–Kier alpha value is -1.77. The summed E-state index contributed by atoms with van der Waals surface area (Å²) in [4.78, 5) is 6.10. The van der Waals surface area contributed by atoms with Gasteiger partial charge in [-0.05, 0) is 98.8 Å². The Bertz CT molecular complexity index is 927. The van der Waals surface area contributed by atoms with Crippen molar-refractivity contribution in [3.63, 3.8) is 0 Å². The molecule has 1 fully saturated rings. The molecule has 2 nitrogen and oxygen atoms in total. The Morgan fingerprint density at radius 1 is 1.00 bits per heavy atom. The second-order valence-electron chi connectivity index (χ2n) is 8.74. The zero-order chi connectivity index (χ0) is 18.9. The number of hydrogen-bond acceptors (Lipinski definition) is 1. The van der Waals surface area contributed by atoms with Crippen molar-refractivity contribution in [3.8, 4) is 0 Å². The van der Waals surface area contributed by atoms with Gasteiger partial charge in [0.25, 0.3) is 0 Å². The molecule has 5 rings (SSSR count). The van der Waals surface area contributed by atoms with Crippen LogP contribution in [0, 0.1) is 5.92 Å². The van der Waals surface area contributed by atoms with Crippen molar-refractivity contribution in [2.24, 2.45) is 5.92 Å². The molecule has 0 saturated carbocycles. The molecule has 0 radical (unpaired) electrons. The molecule has 146 valence electrons. The summed E-state index contributed by atoms with van der Waals surface area (Å²) in [6, 6.07) is 15.2. The molecule has 0 bridgehead atoms. The number of hydrogen-bond donors (Lipinski definition) is 1. The number of aromatic amines is 1. The van der Waals surface area contributed by atoms with Crippen LogP contribution in [0.25, 0.3) is 10.9 Å². The number of likely N-dealkylation sites (tertiary alicyclic amines) is 1. The number of nitrogens with zero attached hydrogens (tertiary/aromatic N) is 1. The second-order valence-corrected chi connectivity index (χ2v) is 9.17. The molecule has 2 aromatic carbocycles. The Morgan fingerprint density at radius 3 is 2.50 bits per heavy atom. The molecule has 0 amide bonds. The number of rotatable bonds is 5. The lowest BCUT2D eigenvalue weighted by molar-refractivity contribution is 0.205. The smallest absolute Gasteiger partial charge is 0.0471 e. The van der Waals surface area contributed by atoms with Gasteiger partial charge in [-0.1, -0.05) is 41.9 Å². The molecular weight excluding hydrogens is 364 g/mol. The topological polar surface area (TPSA) is 19.0 Å². The number of nitrogens with one attached hydrogen (secondary N) is 1. The van der Waals surface area contributed by atoms with Crippen LogP contribution in [0.15, 0.2) is 48.7 Å². The van der Waals surface area contributed by atoms with E-state index in [-0.39, 0.29) is 0 Å². The maximum absolute atomic E-state index is 6.13. The predicted octanol–water partition coefficient (Wildman–Crippen LogP) is 6.20. The first-order valence-electron chi connectivity index (χ1n) is 10.8. The Labute approximate surface area is 172 Å². The first kappa shape index (κ1) is 18.3. The highest BCUT2D eigenvalue weighted by atomic mass is 35.5. The summed E-state index contributed by atoms with van der Waals surface area (Å²) in [5, 5.41) is 2.16. The van der Waals surface area contributed by atoms with Crippen LogP contribution in [-0.2, 0) is 12.8 Å². The molecule has 1 aliphatic carbocycles. The number of benzene rings is 2. The molecule has 1 aromatic heterocycles. The molecule has 1 saturated heterocycles. The molecular formula is C25H29ClN2. The molecule has 0 atom stereocenters. The highest BCUT2D eigenvalue weighted by molar-refractivity contribution is 6.31. The van der Waals surface area contributed by atoms with E-state index in [9.17, 15) is 0 Å². The Morgan fingerprint density at radius 2 is 1.75 bits per heavy atom. The summed E-state index contributed by atoms with van der Waals surface area (Å²) in [6.45, 7) is 3.73. The third kappa shape index (κ3) is 3.73. The average molecular weight is 393 g/mol. The maximum Gasteiger partial charge on any atom is 0.0471 e. The fourth-order valence-electron chi connectivity index (χ4n) is 5.38. The van der Waals surface area contributed by atoms with Gasteiger partial charge in [0.15, 0.2) is 0 Å². The van der Waals surface area contributed by atoms with Gasteiger partial charge in [0.1, 0.15) is 0 Å². The van der Waals surface area contributed by atoms with Crippen molar-refractivity contribution in [2.75, 3.05) is 19.6 Å². The third-order valence-corrected chi connectivity index (χ3v) is 7.16. The first-order valence-corrected chi connectivity index (χ1v) is 11.2. The monoisotopic (exact) mass is 392 g/mol. The highest BCUT2D eigenvalue weighted by Gasteiger charge is 2.24. The van der Waals surface area contributed by atoms with Gasteiger partial charge in [-0.15, -0.1) is 0 Å². The summed E-state index contributed by atoms with van der Waals surface area (Å²) in [6.07, 6.45) is 10.0. The van der Waals surface area contributed by atoms with Crippen LogP contribution in [0.1, 0.15) is 48.3 Å². The van der Waals surface area contributed by atoms with Crippen LogP contribution in [-0.4, -0.2) is 29.5 Å². The molecule has 2 aliphatic rings. The van der Waals surface area contributed by atoms with Gasteiger partial charge < -0.3 is 9.88 Å². The fraction of sp³-hybridized carbons (Fsp3) is 0.440. The average Bonchev–Trinajstić information content (AvgIpc) is 3.31. The molecule has 0 unspecified atom stereocenters. The van der Waals surface area contributed by atoms with Crippen molar-refractivity contribution >= 4 is 22.5 Å². The van der Waals surface area contributed by atoms with E-state index in [0.717, 1.165) is 10.9 Å². The minimum Gasteiger partial charge on any atom is -0.361 e. The van der Waals surface area contributed by atoms with Crippen LogP contribution in [0.3, 0.4) is 0 Å². The number of H-pyrrole nitrogens is 1. The summed E-state index contributed by atoms with van der Waals surface area (Å²) >= 11 is 6.13. The van der Waals surface area contributed by atoms with E-state index in [1.165, 1.54) is 74.6 Å². The molecule has 28 heavy (non-hydrogen) atoms. The molecule has 0 spiro atoms. The van der Waals surface area contributed by atoms with Crippen molar-refractivity contribution in [1.29, 1.82) is 0 Å². The SMILES string of the molecule is Clc1ccc2c(C3CCN(CCCC4Cc5ccccc5C4)CC3)c[nH]c2c1. The van der Waals surface area contributed by atoms with E-state index in [1.807, 2.05) is 12.1 Å². The van der Waals surface area contributed by atoms with Crippen LogP contribution in [0.4, 0.5) is 0 Å². The van der Waals surface area contributed by atoms with E-state index >= 15 is 0 Å². The lowest BCUT2D eigenvalue weighted by Crippen LogP contribution is -2.33. The van der Waals surface area contributed by atoms with Gasteiger partial charge in [-0.2, -0.15) is 0 Å². The number of halogens is 1. The highest BCUT2D eigenvalue weighted by Crippen LogP contribution is 2.34. The van der Waals surface area contributed by atoms with E-state index < -0.39 is 0 Å². The number of fused-ring (bicyclic) bond motifs is 2. The van der Waals surface area contributed by atoms with Gasteiger partial charge in [-0.25, -0.2) is 0 Å². The van der Waals surface area contributed by atoms with Gasteiger partial charge in [-0.3, -0.25) is 0 Å². The third-order valence-electron chi connectivity index (χ3n) is 6.93. The minimum atomic E-state index is 0.676. The Kier molecular flexibility index (Phi) is 5.17. The molecule has 1 aliphatic heterocycles. The van der Waals surface area contributed by atoms with Crippen LogP contribution < -0.4 is 0 Å². The summed E-state index contributed by atoms with van der Waals surface area (Å²) < 4.78 is 0. The van der Waals surface area contributed by atoms with Crippen LogP contribution >= 0.6 is 11.6 Å². The first-order chi connectivity index (χ1) is 13.8. The Balaban J connectivity index is 1.10. The lowest BCUT2D eigenvalue weighted by Gasteiger charge is -2.32. The largest absolute Gasteiger partial charge is 0.361 e. The molecule has 3 aromatic rings. The van der Waals surface area contributed by atoms with Crippen molar-refractivity contribution in [1.82, 2.24) is 9.88 Å². The van der Waals surface area contributed by atoms with Gasteiger partial charge in [0.2, 0.25) is 0 Å². The van der Waals surface area contributed by atoms with Gasteiger partial charge in [0.05, 0.1) is 0 Å². The molecule has 1 N–H and O–H groups in total. The van der Waals surface area contributed by atoms with E-state index in [2.05, 4.69) is 46.4 Å². The van der Waals surface area contributed by atoms with Crippen molar-refractivity contribution in [2.45, 2.75) is 44.4 Å². The van der Waals surface area contributed by atoms with E-state index in [0.29, 0.717) is 5.92 Å². The van der Waals surface area contributed by atoms with Gasteiger partial charge >= 0.3 is 0 Å². The number of piperidine rings is 1. The zero-order valence-electron chi connectivity index (χ0n) is 16.5. The van der Waals surface area contributed by atoms with Crippen LogP contribution in [0.5, 0.6) is 0 Å². The normalized spacial score (nSPS) is 18.8. The van der Waals surface area contributed by atoms with Crippen molar-refractivity contribution in [3.05, 3.63) is 70.4 Å². The van der Waals surface area contributed by atoms with E-state index in [4.69, 9.17) is 11.6 Å². The van der Waals surface area contributed by atoms with Gasteiger partial charge in [0, 0.05) is 22.1 Å². The van der Waals surface area contributed by atoms with E-state index in [1.54, 1.807) is 11.1 Å². The molecule has 2 heterocycles. The summed E-state index contributed by atoms with van der Waals surface area (Å²) in [5.41, 5.74) is 5.83. The minimum absolute atomic E-state index is 0.676. The zero-order valence-corrected chi connectivity index (χ0v) is 17.2. The fourth-order valence-corrected chi connectivity index (χ4v) is 5.56. The quantitative estimate of drug-likeness (QED) is 0.548. The number of aromatic nitrogens is 1. The standard InChI is InChI=1S/C25H29ClN2/c26-22-7-8-23-24(17-27-25(23)16-22)19-9-12-28(13-10-19)11-3-4-18-14-20-5-1-2-6-21(20)15-18/h1-2,5-8,16-19,27H,3-4,9-15H2. The second kappa shape index (κ2) is 7.93. The maximum atomic E-state index is 6.13. The predicted molar refractivity (Wildman–Crippen MR) is 118 cm³/mol. The summed E-state index contributed by atoms with van der Waals surface area (Å²) in [7, 11) is 0. The molecule has 3 heteroatoms. The lowest BCUT2D eigenvalue weighted by atomic mass is 9.89. The van der Waals surface area contributed by atoms with Crippen LogP contribution in [0.2, 0.25) is 5.02 Å².